The molecule has 0 radical (unpaired) electrons. The molecule has 0 bridgehead atoms. The van der Waals surface area contributed by atoms with Crippen LogP contribution in [0.2, 0.25) is 5.02 Å². The van der Waals surface area contributed by atoms with Gasteiger partial charge in [0.25, 0.3) is 0 Å². The van der Waals surface area contributed by atoms with Gasteiger partial charge in [-0.2, -0.15) is 5.10 Å². The molecule has 112 valence electrons. The highest BCUT2D eigenvalue weighted by atomic mass is 35.5. The average Bonchev–Trinajstić information content (AvgIpc) is 2.87. The first-order valence-electron chi connectivity index (χ1n) is 6.44. The topological polar surface area (TPSA) is 60.2 Å². The van der Waals surface area contributed by atoms with Gasteiger partial charge in [0.1, 0.15) is 5.69 Å². The van der Waals surface area contributed by atoms with Crippen LogP contribution in [0.3, 0.4) is 0 Å². The van der Waals surface area contributed by atoms with Gasteiger partial charge >= 0.3 is 0 Å². The molecule has 0 amide bonds. The van der Waals surface area contributed by atoms with Crippen molar-refractivity contribution in [2.24, 2.45) is 0 Å². The van der Waals surface area contributed by atoms with Gasteiger partial charge in [-0.1, -0.05) is 11.6 Å². The van der Waals surface area contributed by atoms with Crippen molar-refractivity contribution in [3.05, 3.63) is 40.9 Å². The summed E-state index contributed by atoms with van der Waals surface area (Å²) in [6, 6.07) is 3.31. The first-order valence-corrected chi connectivity index (χ1v) is 6.82. The van der Waals surface area contributed by atoms with E-state index in [-0.39, 0.29) is 11.5 Å². The number of carbonyl (C=O) groups excluding carboxylic acids is 1. The summed E-state index contributed by atoms with van der Waals surface area (Å²) in [5.41, 5.74) is 0.559. The van der Waals surface area contributed by atoms with E-state index in [4.69, 9.17) is 16.3 Å². The van der Waals surface area contributed by atoms with Gasteiger partial charge < -0.3 is 9.64 Å². The van der Waals surface area contributed by atoms with Gasteiger partial charge in [-0.05, 0) is 26.2 Å². The molecule has 2 rings (SSSR count). The third-order valence-electron chi connectivity index (χ3n) is 2.97. The number of rotatable bonds is 6. The Morgan fingerprint density at radius 3 is 2.86 bits per heavy atom. The summed E-state index contributed by atoms with van der Waals surface area (Å²) in [6.45, 7) is 1.32. The van der Waals surface area contributed by atoms with Crippen molar-refractivity contribution in [2.45, 2.75) is 6.54 Å². The highest BCUT2D eigenvalue weighted by Crippen LogP contribution is 2.23. The molecule has 0 N–H and O–H groups in total. The lowest BCUT2D eigenvalue weighted by molar-refractivity contribution is 0.102. The molecule has 21 heavy (non-hydrogen) atoms. The second-order valence-electron chi connectivity index (χ2n) is 4.75. The van der Waals surface area contributed by atoms with Gasteiger partial charge in [0.15, 0.2) is 11.4 Å². The van der Waals surface area contributed by atoms with Gasteiger partial charge in [-0.3, -0.25) is 14.5 Å². The number of ketones is 1. The summed E-state index contributed by atoms with van der Waals surface area (Å²) in [4.78, 5) is 18.7. The van der Waals surface area contributed by atoms with E-state index in [1.54, 1.807) is 16.8 Å². The van der Waals surface area contributed by atoms with Crippen LogP contribution in [0.25, 0.3) is 0 Å². The van der Waals surface area contributed by atoms with E-state index in [1.807, 2.05) is 19.0 Å². The molecule has 0 fully saturated rings. The summed E-state index contributed by atoms with van der Waals surface area (Å²) < 4.78 is 6.84. The molecule has 0 saturated heterocycles. The molecule has 0 spiro atoms. The molecule has 0 saturated carbocycles. The Morgan fingerprint density at radius 2 is 2.24 bits per heavy atom. The van der Waals surface area contributed by atoms with Gasteiger partial charge in [0.05, 0.1) is 24.9 Å². The smallest absolute Gasteiger partial charge is 0.234 e. The molecule has 0 atom stereocenters. The molecule has 6 nitrogen and oxygen atoms in total. The highest BCUT2D eigenvalue weighted by Gasteiger charge is 2.23. The van der Waals surface area contributed by atoms with E-state index in [0.717, 1.165) is 6.54 Å². The third-order valence-corrected chi connectivity index (χ3v) is 3.28. The number of hydrogen-bond donors (Lipinski definition) is 0. The van der Waals surface area contributed by atoms with Gasteiger partial charge in [-0.25, -0.2) is 0 Å². The molecular weight excluding hydrogens is 292 g/mol. The second-order valence-corrected chi connectivity index (χ2v) is 5.16. The summed E-state index contributed by atoms with van der Waals surface area (Å²) in [5, 5.41) is 4.52. The largest absolute Gasteiger partial charge is 0.493 e. The first-order chi connectivity index (χ1) is 10.0. The predicted octanol–water partition coefficient (Wildman–Crippen LogP) is 1.73. The standard InChI is InChI=1S/C14H17ClN4O2/c1-18(2)7-8-19-13(11(21-3)9-17-19)14(20)12-10(15)5-4-6-16-12/h4-6,9H,7-8H2,1-3H3. The zero-order valence-electron chi connectivity index (χ0n) is 12.2. The molecule has 0 aliphatic rings. The Labute approximate surface area is 128 Å². The fraction of sp³-hybridized carbons (Fsp3) is 0.357. The number of pyridine rings is 1. The van der Waals surface area contributed by atoms with Crippen molar-refractivity contribution < 1.29 is 9.53 Å². The Kier molecular flexibility index (Phi) is 4.93. The molecule has 0 aliphatic carbocycles. The van der Waals surface area contributed by atoms with Gasteiger partial charge in [0.2, 0.25) is 5.78 Å². The zero-order valence-corrected chi connectivity index (χ0v) is 13.0. The van der Waals surface area contributed by atoms with E-state index in [1.165, 1.54) is 19.5 Å². The summed E-state index contributed by atoms with van der Waals surface area (Å²) in [5.74, 6) is 0.120. The fourth-order valence-electron chi connectivity index (χ4n) is 1.88. The van der Waals surface area contributed by atoms with E-state index in [0.29, 0.717) is 23.0 Å². The molecule has 2 heterocycles. The number of halogens is 1. The Morgan fingerprint density at radius 1 is 1.48 bits per heavy atom. The summed E-state index contributed by atoms with van der Waals surface area (Å²) in [6.07, 6.45) is 3.06. The number of aromatic nitrogens is 3. The summed E-state index contributed by atoms with van der Waals surface area (Å²) >= 11 is 6.05. The van der Waals surface area contributed by atoms with E-state index < -0.39 is 0 Å². The second kappa shape index (κ2) is 6.69. The van der Waals surface area contributed by atoms with E-state index >= 15 is 0 Å². The average molecular weight is 309 g/mol. The minimum absolute atomic E-state index is 0.198. The van der Waals surface area contributed by atoms with Crippen LogP contribution in [0, 0.1) is 0 Å². The van der Waals surface area contributed by atoms with Crippen LogP contribution in [0.4, 0.5) is 0 Å². The maximum atomic E-state index is 12.7. The SMILES string of the molecule is COc1cnn(CCN(C)C)c1C(=O)c1ncccc1Cl. The van der Waals surface area contributed by atoms with Crippen molar-refractivity contribution in [3.63, 3.8) is 0 Å². The maximum Gasteiger partial charge on any atom is 0.234 e. The number of ether oxygens (including phenoxy) is 1. The number of likely N-dealkylation sites (N-methyl/N-ethyl adjacent to an activating group) is 1. The van der Waals surface area contributed by atoms with Crippen LogP contribution in [0.15, 0.2) is 24.5 Å². The normalized spacial score (nSPS) is 10.9. The van der Waals surface area contributed by atoms with E-state index in [2.05, 4.69) is 10.1 Å². The van der Waals surface area contributed by atoms with Gasteiger partial charge in [-0.15, -0.1) is 0 Å². The van der Waals surface area contributed by atoms with Crippen LogP contribution in [0.5, 0.6) is 5.75 Å². The minimum Gasteiger partial charge on any atom is -0.493 e. The molecule has 2 aromatic heterocycles. The zero-order chi connectivity index (χ0) is 15.4. The van der Waals surface area contributed by atoms with Crippen LogP contribution < -0.4 is 4.74 Å². The lowest BCUT2D eigenvalue weighted by Crippen LogP contribution is -2.22. The quantitative estimate of drug-likeness (QED) is 0.761. The first kappa shape index (κ1) is 15.5. The van der Waals surface area contributed by atoms with Crippen LogP contribution in [0.1, 0.15) is 16.2 Å². The third kappa shape index (κ3) is 3.40. The number of carbonyl (C=O) groups is 1. The lowest BCUT2D eigenvalue weighted by atomic mass is 10.2. The van der Waals surface area contributed by atoms with Crippen LogP contribution in [-0.4, -0.2) is 53.2 Å². The number of hydrogen-bond acceptors (Lipinski definition) is 5. The maximum absolute atomic E-state index is 12.7. The number of methoxy groups -OCH3 is 1. The molecule has 2 aromatic rings. The number of nitrogens with zero attached hydrogens (tertiary/aromatic N) is 4. The van der Waals surface area contributed by atoms with Crippen LogP contribution in [-0.2, 0) is 6.54 Å². The van der Waals surface area contributed by atoms with Gasteiger partial charge in [0, 0.05) is 12.7 Å². The summed E-state index contributed by atoms with van der Waals surface area (Å²) in [7, 11) is 5.42. The van der Waals surface area contributed by atoms with Crippen LogP contribution >= 0.6 is 11.6 Å². The fourth-order valence-corrected chi connectivity index (χ4v) is 2.08. The van der Waals surface area contributed by atoms with Crippen molar-refractivity contribution in [1.29, 1.82) is 0 Å². The van der Waals surface area contributed by atoms with Crippen molar-refractivity contribution >= 4 is 17.4 Å². The minimum atomic E-state index is -0.297. The molecule has 0 aliphatic heterocycles. The van der Waals surface area contributed by atoms with Crippen molar-refractivity contribution in [1.82, 2.24) is 19.7 Å². The molecular formula is C14H17ClN4O2. The highest BCUT2D eigenvalue weighted by molar-refractivity contribution is 6.34. The lowest BCUT2D eigenvalue weighted by Gasteiger charge is -2.12. The van der Waals surface area contributed by atoms with Crippen molar-refractivity contribution in [2.75, 3.05) is 27.7 Å². The monoisotopic (exact) mass is 308 g/mol. The molecule has 0 aromatic carbocycles. The molecule has 0 unspecified atom stereocenters. The predicted molar refractivity (Wildman–Crippen MR) is 80.0 cm³/mol. The van der Waals surface area contributed by atoms with E-state index in [9.17, 15) is 4.79 Å². The molecule has 7 heteroatoms. The Hall–Kier alpha value is -1.92. The Balaban J connectivity index is 2.39. The Bertz CT molecular complexity index is 640. The van der Waals surface area contributed by atoms with Crippen molar-refractivity contribution in [3.8, 4) is 5.75 Å².